The number of nitrogens with zero attached hydrogens (tertiary/aromatic N) is 2. The third-order valence-corrected chi connectivity index (χ3v) is 3.17. The van der Waals surface area contributed by atoms with Crippen molar-refractivity contribution in [2.24, 2.45) is 5.73 Å². The second kappa shape index (κ2) is 4.02. The van der Waals surface area contributed by atoms with Crippen LogP contribution in [0.5, 0.6) is 0 Å². The first kappa shape index (κ1) is 10.6. The Kier molecular flexibility index (Phi) is 2.50. The van der Waals surface area contributed by atoms with Crippen LogP contribution in [0, 0.1) is 0 Å². The molecule has 0 atom stereocenters. The quantitative estimate of drug-likeness (QED) is 0.754. The molecule has 0 aliphatic carbocycles. The number of benzene rings is 1. The van der Waals surface area contributed by atoms with Crippen molar-refractivity contribution in [3.8, 4) is 0 Å². The molecule has 3 nitrogen and oxygen atoms in total. The van der Waals surface area contributed by atoms with E-state index in [9.17, 15) is 0 Å². The van der Waals surface area contributed by atoms with Crippen LogP contribution < -0.4 is 5.73 Å². The molecular formula is C13H12ClN3. The Morgan fingerprint density at radius 1 is 1.29 bits per heavy atom. The molecule has 86 valence electrons. The topological polar surface area (TPSA) is 43.3 Å². The highest BCUT2D eigenvalue weighted by molar-refractivity contribution is 6.31. The van der Waals surface area contributed by atoms with Crippen LogP contribution in [0.4, 0.5) is 0 Å². The lowest BCUT2D eigenvalue weighted by Crippen LogP contribution is -2.04. The third kappa shape index (κ3) is 1.68. The number of hydrogen-bond donors (Lipinski definition) is 1. The van der Waals surface area contributed by atoms with E-state index in [1.807, 2.05) is 30.6 Å². The number of nitrogens with two attached hydrogens (primary N) is 1. The van der Waals surface area contributed by atoms with Gasteiger partial charge in [-0.1, -0.05) is 11.6 Å². The van der Waals surface area contributed by atoms with Gasteiger partial charge in [0.15, 0.2) is 0 Å². The summed E-state index contributed by atoms with van der Waals surface area (Å²) in [6.07, 6.45) is 4.74. The summed E-state index contributed by atoms with van der Waals surface area (Å²) in [5.41, 5.74) is 7.68. The molecule has 4 heteroatoms. The molecule has 2 N–H and O–H groups in total. The average molecular weight is 246 g/mol. The molecule has 3 rings (SSSR count). The van der Waals surface area contributed by atoms with Crippen molar-refractivity contribution in [2.45, 2.75) is 6.42 Å². The molecule has 2 heterocycles. The molecule has 17 heavy (non-hydrogen) atoms. The molecule has 3 aromatic rings. The third-order valence-electron chi connectivity index (χ3n) is 2.93. The van der Waals surface area contributed by atoms with E-state index in [2.05, 4.69) is 15.5 Å². The highest BCUT2D eigenvalue weighted by Crippen LogP contribution is 2.23. The number of pyridine rings is 1. The second-order valence-electron chi connectivity index (χ2n) is 4.03. The predicted molar refractivity (Wildman–Crippen MR) is 70.5 cm³/mol. The zero-order valence-corrected chi connectivity index (χ0v) is 9.98. The van der Waals surface area contributed by atoms with Crippen molar-refractivity contribution in [3.05, 3.63) is 47.4 Å². The Balaban J connectivity index is 2.33. The van der Waals surface area contributed by atoms with Gasteiger partial charge in [0.05, 0.1) is 0 Å². The maximum absolute atomic E-state index is 5.98. The van der Waals surface area contributed by atoms with Gasteiger partial charge in [0.25, 0.3) is 0 Å². The fourth-order valence-corrected chi connectivity index (χ4v) is 2.31. The van der Waals surface area contributed by atoms with Gasteiger partial charge in [0.2, 0.25) is 0 Å². The summed E-state index contributed by atoms with van der Waals surface area (Å²) < 4.78 is 2.09. The van der Waals surface area contributed by atoms with Crippen LogP contribution in [0.25, 0.3) is 16.4 Å². The van der Waals surface area contributed by atoms with E-state index in [4.69, 9.17) is 17.3 Å². The highest BCUT2D eigenvalue weighted by Gasteiger charge is 2.06. The molecule has 0 aliphatic rings. The minimum atomic E-state index is 0.631. The molecule has 0 unspecified atom stereocenters. The van der Waals surface area contributed by atoms with Crippen molar-refractivity contribution in [3.63, 3.8) is 0 Å². The average Bonchev–Trinajstić information content (AvgIpc) is 2.73. The summed E-state index contributed by atoms with van der Waals surface area (Å²) in [4.78, 5) is 4.46. The molecule has 0 radical (unpaired) electrons. The van der Waals surface area contributed by atoms with E-state index in [0.717, 1.165) is 33.6 Å². The van der Waals surface area contributed by atoms with Gasteiger partial charge in [0.1, 0.15) is 5.65 Å². The van der Waals surface area contributed by atoms with Crippen LogP contribution in [0.15, 0.2) is 36.7 Å². The molecule has 0 saturated heterocycles. The summed E-state index contributed by atoms with van der Waals surface area (Å²) in [5, 5.41) is 2.96. The van der Waals surface area contributed by atoms with Gasteiger partial charge in [0, 0.05) is 34.9 Å². The molecular weight excluding hydrogens is 234 g/mol. The van der Waals surface area contributed by atoms with Crippen LogP contribution in [0.3, 0.4) is 0 Å². The Morgan fingerprint density at radius 3 is 3.00 bits per heavy atom. The summed E-state index contributed by atoms with van der Waals surface area (Å²) in [7, 11) is 0. The number of fused-ring (bicyclic) bond motifs is 3. The lowest BCUT2D eigenvalue weighted by molar-refractivity contribution is 0.906. The maximum Gasteiger partial charge on any atom is 0.144 e. The fraction of sp³-hybridized carbons (Fsp3) is 0.154. The first-order chi connectivity index (χ1) is 8.29. The lowest BCUT2D eigenvalue weighted by atomic mass is 10.2. The summed E-state index contributed by atoms with van der Waals surface area (Å²) in [6, 6.07) is 7.90. The predicted octanol–water partition coefficient (Wildman–Crippen LogP) is 2.64. The molecule has 2 aromatic heterocycles. The molecule has 0 aliphatic heterocycles. The second-order valence-corrected chi connectivity index (χ2v) is 4.47. The van der Waals surface area contributed by atoms with E-state index < -0.39 is 0 Å². The van der Waals surface area contributed by atoms with Gasteiger partial charge in [-0.15, -0.1) is 0 Å². The van der Waals surface area contributed by atoms with E-state index in [0.29, 0.717) is 6.54 Å². The van der Waals surface area contributed by atoms with Crippen molar-refractivity contribution in [1.29, 1.82) is 0 Å². The molecule has 1 aromatic carbocycles. The van der Waals surface area contributed by atoms with E-state index in [1.165, 1.54) is 0 Å². The van der Waals surface area contributed by atoms with Gasteiger partial charge in [-0.25, -0.2) is 4.98 Å². The lowest BCUT2D eigenvalue weighted by Gasteiger charge is -2.03. The Bertz CT molecular complexity index is 688. The Labute approximate surface area is 104 Å². The van der Waals surface area contributed by atoms with Gasteiger partial charge in [-0.3, -0.25) is 0 Å². The summed E-state index contributed by atoms with van der Waals surface area (Å²) >= 11 is 5.98. The van der Waals surface area contributed by atoms with E-state index in [1.54, 1.807) is 0 Å². The zero-order valence-electron chi connectivity index (χ0n) is 9.23. The minimum Gasteiger partial charge on any atom is -0.330 e. The molecule has 0 saturated carbocycles. The van der Waals surface area contributed by atoms with Gasteiger partial charge < -0.3 is 10.1 Å². The van der Waals surface area contributed by atoms with Gasteiger partial charge in [-0.05, 0) is 36.2 Å². The maximum atomic E-state index is 5.98. The Morgan fingerprint density at radius 2 is 2.18 bits per heavy atom. The highest BCUT2D eigenvalue weighted by atomic mass is 35.5. The van der Waals surface area contributed by atoms with Gasteiger partial charge in [-0.2, -0.15) is 0 Å². The summed E-state index contributed by atoms with van der Waals surface area (Å²) in [5.74, 6) is 0. The molecule has 0 spiro atoms. The largest absolute Gasteiger partial charge is 0.330 e. The molecule has 0 bridgehead atoms. The van der Waals surface area contributed by atoms with Crippen LogP contribution in [0.1, 0.15) is 5.69 Å². The first-order valence-electron chi connectivity index (χ1n) is 5.54. The zero-order chi connectivity index (χ0) is 11.8. The summed E-state index contributed by atoms with van der Waals surface area (Å²) in [6.45, 7) is 0.631. The van der Waals surface area contributed by atoms with Crippen LogP contribution in [-0.4, -0.2) is 15.9 Å². The molecule has 0 fully saturated rings. The van der Waals surface area contributed by atoms with Gasteiger partial charge >= 0.3 is 0 Å². The van der Waals surface area contributed by atoms with Crippen molar-refractivity contribution < 1.29 is 0 Å². The molecule has 0 amide bonds. The number of imidazole rings is 1. The first-order valence-corrected chi connectivity index (χ1v) is 5.91. The standard InChI is InChI=1S/C13H12ClN3/c14-10-1-2-12-9(7-10)4-6-17-11(3-5-15)8-16-13(12)17/h1-2,4,6-8H,3,5,15H2. The number of rotatable bonds is 2. The van der Waals surface area contributed by atoms with E-state index in [-0.39, 0.29) is 0 Å². The number of hydrogen-bond acceptors (Lipinski definition) is 2. The smallest absolute Gasteiger partial charge is 0.144 e. The minimum absolute atomic E-state index is 0.631. The fourth-order valence-electron chi connectivity index (χ4n) is 2.12. The SMILES string of the molecule is NCCc1cnc2c3ccc(Cl)cc3ccn12. The van der Waals surface area contributed by atoms with E-state index >= 15 is 0 Å². The number of aromatic nitrogens is 2. The number of halogens is 1. The van der Waals surface area contributed by atoms with Crippen LogP contribution in [0.2, 0.25) is 5.02 Å². The van der Waals surface area contributed by atoms with Crippen molar-refractivity contribution in [2.75, 3.05) is 6.54 Å². The Hall–Kier alpha value is -1.58. The normalized spacial score (nSPS) is 11.4. The van der Waals surface area contributed by atoms with Crippen LogP contribution in [-0.2, 0) is 6.42 Å². The van der Waals surface area contributed by atoms with Crippen molar-refractivity contribution in [1.82, 2.24) is 9.38 Å². The van der Waals surface area contributed by atoms with Crippen molar-refractivity contribution >= 4 is 28.0 Å². The monoisotopic (exact) mass is 245 g/mol. The van der Waals surface area contributed by atoms with Crippen LogP contribution >= 0.6 is 11.6 Å².